The highest BCUT2D eigenvalue weighted by molar-refractivity contribution is 4.74. The van der Waals surface area contributed by atoms with Gasteiger partial charge in [-0.05, 0) is 46.4 Å². The molecule has 4 heteroatoms. The van der Waals surface area contributed by atoms with Gasteiger partial charge >= 0.3 is 0 Å². The lowest BCUT2D eigenvalue weighted by molar-refractivity contribution is 0.154. The van der Waals surface area contributed by atoms with E-state index in [0.717, 1.165) is 12.6 Å². The normalized spacial score (nSPS) is 23.0. The zero-order chi connectivity index (χ0) is 14.9. The van der Waals surface area contributed by atoms with E-state index < -0.39 is 0 Å². The Kier molecular flexibility index (Phi) is 8.01. The van der Waals surface area contributed by atoms with Gasteiger partial charge in [0.05, 0.1) is 0 Å². The number of hydrogen-bond acceptors (Lipinski definition) is 4. The molecule has 1 saturated heterocycles. The molecule has 1 saturated carbocycles. The van der Waals surface area contributed by atoms with Crippen LogP contribution < -0.4 is 5.32 Å². The SMILES string of the molecule is CN1CCN(CCNCCCN(C)C2CCCCC2)CC1. The first kappa shape index (κ1) is 17.2. The van der Waals surface area contributed by atoms with Crippen molar-refractivity contribution in [3.05, 3.63) is 0 Å². The van der Waals surface area contributed by atoms with Crippen molar-refractivity contribution < 1.29 is 0 Å². The maximum atomic E-state index is 3.62. The maximum absolute atomic E-state index is 3.62. The van der Waals surface area contributed by atoms with Crippen LogP contribution in [0.15, 0.2) is 0 Å². The van der Waals surface area contributed by atoms with Crippen LogP contribution >= 0.6 is 0 Å². The standard InChI is InChI=1S/C17H36N4/c1-19-13-15-21(16-14-19)12-10-18-9-6-11-20(2)17-7-4-3-5-8-17/h17-18H,3-16H2,1-2H3. The monoisotopic (exact) mass is 296 g/mol. The first-order chi connectivity index (χ1) is 10.3. The van der Waals surface area contributed by atoms with Gasteiger partial charge in [0, 0.05) is 45.3 Å². The third-order valence-electron chi connectivity index (χ3n) is 5.26. The van der Waals surface area contributed by atoms with Crippen molar-refractivity contribution in [3.8, 4) is 0 Å². The summed E-state index contributed by atoms with van der Waals surface area (Å²) in [6, 6.07) is 0.865. The van der Waals surface area contributed by atoms with Gasteiger partial charge in [0.1, 0.15) is 0 Å². The molecule has 2 aliphatic rings. The predicted octanol–water partition coefficient (Wildman–Crippen LogP) is 1.48. The van der Waals surface area contributed by atoms with Crippen LogP contribution in [0.4, 0.5) is 0 Å². The smallest absolute Gasteiger partial charge is 0.0110 e. The minimum atomic E-state index is 0.865. The summed E-state index contributed by atoms with van der Waals surface area (Å²) < 4.78 is 0. The molecule has 0 atom stereocenters. The van der Waals surface area contributed by atoms with Gasteiger partial charge in [0.15, 0.2) is 0 Å². The fraction of sp³-hybridized carbons (Fsp3) is 1.00. The molecule has 2 rings (SSSR count). The zero-order valence-corrected chi connectivity index (χ0v) is 14.3. The molecule has 0 aromatic rings. The summed E-state index contributed by atoms with van der Waals surface area (Å²) in [6.07, 6.45) is 8.48. The molecular weight excluding hydrogens is 260 g/mol. The predicted molar refractivity (Wildman–Crippen MR) is 90.9 cm³/mol. The second-order valence-corrected chi connectivity index (χ2v) is 7.02. The van der Waals surface area contributed by atoms with Crippen LogP contribution in [0.3, 0.4) is 0 Å². The van der Waals surface area contributed by atoms with E-state index in [1.54, 1.807) is 0 Å². The molecule has 2 fully saturated rings. The molecule has 1 aliphatic carbocycles. The van der Waals surface area contributed by atoms with Crippen molar-refractivity contribution in [3.63, 3.8) is 0 Å². The number of likely N-dealkylation sites (N-methyl/N-ethyl adjacent to an activating group) is 1. The first-order valence-electron chi connectivity index (χ1n) is 9.07. The Labute approximate surface area is 131 Å². The van der Waals surface area contributed by atoms with Crippen LogP contribution in [0, 0.1) is 0 Å². The Hall–Kier alpha value is -0.160. The fourth-order valence-electron chi connectivity index (χ4n) is 3.59. The molecule has 0 amide bonds. The number of rotatable bonds is 8. The Morgan fingerprint density at radius 3 is 2.43 bits per heavy atom. The number of piperazine rings is 1. The van der Waals surface area contributed by atoms with Crippen molar-refractivity contribution in [2.75, 3.05) is 66.5 Å². The molecule has 1 aliphatic heterocycles. The van der Waals surface area contributed by atoms with E-state index >= 15 is 0 Å². The minimum absolute atomic E-state index is 0.865. The van der Waals surface area contributed by atoms with Gasteiger partial charge in [-0.25, -0.2) is 0 Å². The highest BCUT2D eigenvalue weighted by atomic mass is 15.2. The van der Waals surface area contributed by atoms with Gasteiger partial charge in [0.2, 0.25) is 0 Å². The molecular formula is C17H36N4. The van der Waals surface area contributed by atoms with Crippen LogP contribution in [-0.2, 0) is 0 Å². The number of nitrogens with one attached hydrogen (secondary N) is 1. The topological polar surface area (TPSA) is 21.8 Å². The highest BCUT2D eigenvalue weighted by Gasteiger charge is 2.17. The largest absolute Gasteiger partial charge is 0.315 e. The molecule has 0 aromatic carbocycles. The Morgan fingerprint density at radius 1 is 1.00 bits per heavy atom. The zero-order valence-electron chi connectivity index (χ0n) is 14.3. The third kappa shape index (κ3) is 6.64. The lowest BCUT2D eigenvalue weighted by Gasteiger charge is -2.32. The van der Waals surface area contributed by atoms with Crippen molar-refractivity contribution in [1.82, 2.24) is 20.0 Å². The van der Waals surface area contributed by atoms with E-state index in [1.165, 1.54) is 84.3 Å². The second-order valence-electron chi connectivity index (χ2n) is 7.02. The van der Waals surface area contributed by atoms with Crippen molar-refractivity contribution in [2.24, 2.45) is 0 Å². The summed E-state index contributed by atoms with van der Waals surface area (Å²) in [4.78, 5) is 7.60. The van der Waals surface area contributed by atoms with Gasteiger partial charge in [-0.3, -0.25) is 4.90 Å². The Morgan fingerprint density at radius 2 is 1.71 bits per heavy atom. The number of nitrogens with zero attached hydrogens (tertiary/aromatic N) is 3. The summed E-state index contributed by atoms with van der Waals surface area (Å²) in [5.74, 6) is 0. The summed E-state index contributed by atoms with van der Waals surface area (Å²) in [7, 11) is 4.54. The summed E-state index contributed by atoms with van der Waals surface area (Å²) in [6.45, 7) is 9.73. The average molecular weight is 297 g/mol. The van der Waals surface area contributed by atoms with Crippen molar-refractivity contribution in [2.45, 2.75) is 44.6 Å². The van der Waals surface area contributed by atoms with E-state index in [1.807, 2.05) is 0 Å². The van der Waals surface area contributed by atoms with Gasteiger partial charge in [-0.2, -0.15) is 0 Å². The van der Waals surface area contributed by atoms with Gasteiger partial charge < -0.3 is 15.1 Å². The van der Waals surface area contributed by atoms with E-state index in [2.05, 4.69) is 34.1 Å². The summed E-state index contributed by atoms with van der Waals surface area (Å²) >= 11 is 0. The highest BCUT2D eigenvalue weighted by Crippen LogP contribution is 2.21. The summed E-state index contributed by atoms with van der Waals surface area (Å²) in [5, 5.41) is 3.62. The van der Waals surface area contributed by atoms with Crippen molar-refractivity contribution in [1.29, 1.82) is 0 Å². The quantitative estimate of drug-likeness (QED) is 0.685. The number of hydrogen-bond donors (Lipinski definition) is 1. The molecule has 0 aromatic heterocycles. The fourth-order valence-corrected chi connectivity index (χ4v) is 3.59. The van der Waals surface area contributed by atoms with E-state index in [-0.39, 0.29) is 0 Å². The van der Waals surface area contributed by atoms with Crippen LogP contribution in [-0.4, -0.2) is 87.2 Å². The Bertz CT molecular complexity index is 258. The van der Waals surface area contributed by atoms with Gasteiger partial charge in [0.25, 0.3) is 0 Å². The molecule has 124 valence electrons. The lowest BCUT2D eigenvalue weighted by atomic mass is 9.94. The molecule has 0 spiro atoms. The Balaban J connectivity index is 1.42. The molecule has 21 heavy (non-hydrogen) atoms. The summed E-state index contributed by atoms with van der Waals surface area (Å²) in [5.41, 5.74) is 0. The van der Waals surface area contributed by atoms with Crippen LogP contribution in [0.2, 0.25) is 0 Å². The molecule has 1 heterocycles. The van der Waals surface area contributed by atoms with Crippen LogP contribution in [0.25, 0.3) is 0 Å². The van der Waals surface area contributed by atoms with Gasteiger partial charge in [-0.1, -0.05) is 19.3 Å². The van der Waals surface area contributed by atoms with E-state index in [9.17, 15) is 0 Å². The maximum Gasteiger partial charge on any atom is 0.0110 e. The van der Waals surface area contributed by atoms with E-state index in [0.29, 0.717) is 0 Å². The molecule has 4 nitrogen and oxygen atoms in total. The lowest BCUT2D eigenvalue weighted by Crippen LogP contribution is -2.46. The van der Waals surface area contributed by atoms with Gasteiger partial charge in [-0.15, -0.1) is 0 Å². The van der Waals surface area contributed by atoms with E-state index in [4.69, 9.17) is 0 Å². The third-order valence-corrected chi connectivity index (χ3v) is 5.26. The average Bonchev–Trinajstić information content (AvgIpc) is 2.53. The molecule has 1 N–H and O–H groups in total. The second kappa shape index (κ2) is 9.78. The molecule has 0 unspecified atom stereocenters. The van der Waals surface area contributed by atoms with Crippen molar-refractivity contribution >= 4 is 0 Å². The minimum Gasteiger partial charge on any atom is -0.315 e. The van der Waals surface area contributed by atoms with Crippen LogP contribution in [0.5, 0.6) is 0 Å². The van der Waals surface area contributed by atoms with Crippen LogP contribution in [0.1, 0.15) is 38.5 Å². The first-order valence-corrected chi connectivity index (χ1v) is 9.07. The molecule has 0 radical (unpaired) electrons. The molecule has 0 bridgehead atoms.